The van der Waals surface area contributed by atoms with E-state index in [0.29, 0.717) is 6.04 Å². The summed E-state index contributed by atoms with van der Waals surface area (Å²) in [6, 6.07) is 4.92. The molecule has 0 aliphatic heterocycles. The Morgan fingerprint density at radius 1 is 1.50 bits per heavy atom. The van der Waals surface area contributed by atoms with E-state index in [1.165, 1.54) is 35.9 Å². The van der Waals surface area contributed by atoms with Gasteiger partial charge in [0.25, 0.3) is 0 Å². The first kappa shape index (κ1) is 12.1. The zero-order chi connectivity index (χ0) is 12.4. The monoisotopic (exact) mass is 260 g/mol. The lowest BCUT2D eigenvalue weighted by molar-refractivity contribution is 0.473. The molecule has 1 unspecified atom stereocenters. The van der Waals surface area contributed by atoms with Crippen LogP contribution in [-0.2, 0) is 0 Å². The molecule has 0 saturated heterocycles. The van der Waals surface area contributed by atoms with E-state index in [4.69, 9.17) is 0 Å². The SMILES string of the molecule is CCCNC(CC1CC1)c1cnc2ccsc2c1. The van der Waals surface area contributed by atoms with Crippen LogP contribution in [0, 0.1) is 5.92 Å². The molecular formula is C15H20N2S. The third kappa shape index (κ3) is 2.73. The van der Waals surface area contributed by atoms with Gasteiger partial charge in [-0.25, -0.2) is 0 Å². The van der Waals surface area contributed by atoms with E-state index >= 15 is 0 Å². The van der Waals surface area contributed by atoms with Gasteiger partial charge in [-0.15, -0.1) is 11.3 Å². The Morgan fingerprint density at radius 2 is 2.39 bits per heavy atom. The van der Waals surface area contributed by atoms with E-state index in [1.54, 1.807) is 11.3 Å². The summed E-state index contributed by atoms with van der Waals surface area (Å²) in [5.41, 5.74) is 2.50. The summed E-state index contributed by atoms with van der Waals surface area (Å²) in [4.78, 5) is 4.57. The van der Waals surface area contributed by atoms with Crippen LogP contribution in [0.3, 0.4) is 0 Å². The second-order valence-electron chi connectivity index (χ2n) is 5.26. The molecule has 2 nitrogen and oxygen atoms in total. The number of pyridine rings is 1. The van der Waals surface area contributed by atoms with E-state index in [0.717, 1.165) is 18.0 Å². The molecule has 1 aliphatic carbocycles. The van der Waals surface area contributed by atoms with Gasteiger partial charge in [0.2, 0.25) is 0 Å². The topological polar surface area (TPSA) is 24.9 Å². The van der Waals surface area contributed by atoms with Gasteiger partial charge in [0, 0.05) is 12.2 Å². The Balaban J connectivity index is 1.81. The van der Waals surface area contributed by atoms with Crippen LogP contribution in [0.1, 0.15) is 44.2 Å². The molecule has 1 saturated carbocycles. The molecule has 3 rings (SSSR count). The number of nitrogens with one attached hydrogen (secondary N) is 1. The van der Waals surface area contributed by atoms with Crippen molar-refractivity contribution >= 4 is 21.6 Å². The molecular weight excluding hydrogens is 240 g/mol. The highest BCUT2D eigenvalue weighted by Crippen LogP contribution is 2.38. The van der Waals surface area contributed by atoms with Gasteiger partial charge in [-0.3, -0.25) is 4.98 Å². The van der Waals surface area contributed by atoms with Gasteiger partial charge in [0.1, 0.15) is 0 Å². The van der Waals surface area contributed by atoms with Crippen LogP contribution in [0.25, 0.3) is 10.2 Å². The fraction of sp³-hybridized carbons (Fsp3) is 0.533. The van der Waals surface area contributed by atoms with E-state index < -0.39 is 0 Å². The summed E-state index contributed by atoms with van der Waals surface area (Å²) in [6.45, 7) is 3.32. The predicted molar refractivity (Wildman–Crippen MR) is 78.0 cm³/mol. The van der Waals surface area contributed by atoms with E-state index in [-0.39, 0.29) is 0 Å². The summed E-state index contributed by atoms with van der Waals surface area (Å²) in [5, 5.41) is 5.80. The van der Waals surface area contributed by atoms with Crippen LogP contribution < -0.4 is 5.32 Å². The van der Waals surface area contributed by atoms with Crippen LogP contribution in [0.2, 0.25) is 0 Å². The van der Waals surface area contributed by atoms with Crippen molar-refractivity contribution in [2.24, 2.45) is 5.92 Å². The molecule has 1 N–H and O–H groups in total. The average Bonchev–Trinajstić information content (AvgIpc) is 3.08. The second-order valence-corrected chi connectivity index (χ2v) is 6.21. The highest BCUT2D eigenvalue weighted by Gasteiger charge is 2.26. The highest BCUT2D eigenvalue weighted by atomic mass is 32.1. The Morgan fingerprint density at radius 3 is 3.17 bits per heavy atom. The average molecular weight is 260 g/mol. The van der Waals surface area contributed by atoms with Crippen molar-refractivity contribution in [3.8, 4) is 0 Å². The smallest absolute Gasteiger partial charge is 0.0809 e. The van der Waals surface area contributed by atoms with Crippen molar-refractivity contribution in [3.63, 3.8) is 0 Å². The molecule has 2 aromatic heterocycles. The number of fused-ring (bicyclic) bond motifs is 1. The summed E-state index contributed by atoms with van der Waals surface area (Å²) >= 11 is 1.79. The van der Waals surface area contributed by atoms with E-state index in [9.17, 15) is 0 Å². The van der Waals surface area contributed by atoms with Gasteiger partial charge in [0.15, 0.2) is 0 Å². The van der Waals surface area contributed by atoms with Crippen molar-refractivity contribution < 1.29 is 0 Å². The standard InChI is InChI=1S/C15H20N2S/c1-2-6-16-14(8-11-3-4-11)12-9-15-13(17-10-12)5-7-18-15/h5,7,9-11,14,16H,2-4,6,8H2,1H3. The summed E-state index contributed by atoms with van der Waals surface area (Å²) in [6.07, 6.45) is 7.36. The summed E-state index contributed by atoms with van der Waals surface area (Å²) in [7, 11) is 0. The van der Waals surface area contributed by atoms with Crippen LogP contribution in [0.4, 0.5) is 0 Å². The molecule has 2 heterocycles. The van der Waals surface area contributed by atoms with Crippen molar-refractivity contribution in [2.45, 2.75) is 38.6 Å². The number of thiophene rings is 1. The normalized spacial score (nSPS) is 17.2. The Labute approximate surface area is 112 Å². The van der Waals surface area contributed by atoms with Crippen molar-refractivity contribution in [3.05, 3.63) is 29.3 Å². The largest absolute Gasteiger partial charge is 0.310 e. The maximum absolute atomic E-state index is 4.57. The molecule has 0 spiro atoms. The van der Waals surface area contributed by atoms with Crippen LogP contribution in [0.15, 0.2) is 23.7 Å². The Kier molecular flexibility index (Phi) is 3.62. The molecule has 2 aromatic rings. The van der Waals surface area contributed by atoms with Crippen molar-refractivity contribution in [1.29, 1.82) is 0 Å². The predicted octanol–water partition coefficient (Wildman–Crippen LogP) is 4.14. The van der Waals surface area contributed by atoms with Crippen LogP contribution in [-0.4, -0.2) is 11.5 Å². The molecule has 0 radical (unpaired) electrons. The molecule has 96 valence electrons. The van der Waals surface area contributed by atoms with Gasteiger partial charge >= 0.3 is 0 Å². The minimum Gasteiger partial charge on any atom is -0.310 e. The van der Waals surface area contributed by atoms with Gasteiger partial charge in [-0.2, -0.15) is 0 Å². The number of hydrogen-bond acceptors (Lipinski definition) is 3. The maximum atomic E-state index is 4.57. The molecule has 1 fully saturated rings. The summed E-state index contributed by atoms with van der Waals surface area (Å²) < 4.78 is 1.31. The lowest BCUT2D eigenvalue weighted by Crippen LogP contribution is -2.22. The molecule has 1 atom stereocenters. The first-order valence-electron chi connectivity index (χ1n) is 6.93. The summed E-state index contributed by atoms with van der Waals surface area (Å²) in [5.74, 6) is 0.943. The van der Waals surface area contributed by atoms with Gasteiger partial charge < -0.3 is 5.32 Å². The van der Waals surface area contributed by atoms with Gasteiger partial charge in [-0.1, -0.05) is 19.8 Å². The first-order chi connectivity index (χ1) is 8.86. The minimum absolute atomic E-state index is 0.497. The third-order valence-corrected chi connectivity index (χ3v) is 4.49. The van der Waals surface area contributed by atoms with Gasteiger partial charge in [0.05, 0.1) is 10.2 Å². The first-order valence-corrected chi connectivity index (χ1v) is 7.81. The van der Waals surface area contributed by atoms with Crippen LogP contribution in [0.5, 0.6) is 0 Å². The van der Waals surface area contributed by atoms with E-state index in [2.05, 4.69) is 40.9 Å². The molecule has 3 heteroatoms. The van der Waals surface area contributed by atoms with E-state index in [1.807, 2.05) is 0 Å². The number of nitrogens with zero attached hydrogens (tertiary/aromatic N) is 1. The number of rotatable bonds is 6. The Hall–Kier alpha value is -0.930. The Bertz CT molecular complexity index is 516. The zero-order valence-electron chi connectivity index (χ0n) is 10.9. The molecule has 0 bridgehead atoms. The number of hydrogen-bond donors (Lipinski definition) is 1. The fourth-order valence-corrected chi connectivity index (χ4v) is 3.18. The second kappa shape index (κ2) is 5.37. The number of aromatic nitrogens is 1. The highest BCUT2D eigenvalue weighted by molar-refractivity contribution is 7.17. The minimum atomic E-state index is 0.497. The zero-order valence-corrected chi connectivity index (χ0v) is 11.7. The molecule has 1 aliphatic rings. The molecule has 0 amide bonds. The van der Waals surface area contributed by atoms with Crippen molar-refractivity contribution in [2.75, 3.05) is 6.54 Å². The third-order valence-electron chi connectivity index (χ3n) is 3.63. The maximum Gasteiger partial charge on any atom is 0.0809 e. The van der Waals surface area contributed by atoms with Crippen molar-refractivity contribution in [1.82, 2.24) is 10.3 Å². The van der Waals surface area contributed by atoms with Crippen LogP contribution >= 0.6 is 11.3 Å². The lowest BCUT2D eigenvalue weighted by Gasteiger charge is -2.18. The molecule has 18 heavy (non-hydrogen) atoms. The molecule has 0 aromatic carbocycles. The lowest BCUT2D eigenvalue weighted by atomic mass is 10.0. The van der Waals surface area contributed by atoms with Gasteiger partial charge in [-0.05, 0) is 48.4 Å². The quantitative estimate of drug-likeness (QED) is 0.844. The fourth-order valence-electron chi connectivity index (χ4n) is 2.39.